The van der Waals surface area contributed by atoms with E-state index in [2.05, 4.69) is 32.3 Å². The van der Waals surface area contributed by atoms with Gasteiger partial charge in [-0.05, 0) is 30.5 Å². The third-order valence-electron chi connectivity index (χ3n) is 6.34. The molecule has 1 saturated carbocycles. The van der Waals surface area contributed by atoms with Crippen LogP contribution >= 0.6 is 35.7 Å². The van der Waals surface area contributed by atoms with Gasteiger partial charge in [-0.3, -0.25) is 14.7 Å². The molecule has 2 N–H and O–H groups in total. The molecule has 1 aromatic carbocycles. The Kier molecular flexibility index (Phi) is 10.9. The first-order valence-electron chi connectivity index (χ1n) is 11.1. The van der Waals surface area contributed by atoms with E-state index in [9.17, 15) is 4.79 Å². The van der Waals surface area contributed by atoms with Crippen molar-refractivity contribution in [3.05, 3.63) is 35.4 Å². The molecule has 3 rings (SSSR count). The highest BCUT2D eigenvalue weighted by atomic mass is 127. The van der Waals surface area contributed by atoms with Gasteiger partial charge < -0.3 is 15.5 Å². The number of carbonyl (C=O) groups excluding carboxylic acids is 1. The molecular formula is C23H38IN5OS. The van der Waals surface area contributed by atoms with Gasteiger partial charge >= 0.3 is 0 Å². The number of amides is 1. The first kappa shape index (κ1) is 26.3. The zero-order chi connectivity index (χ0) is 21.4. The van der Waals surface area contributed by atoms with E-state index in [-0.39, 0.29) is 35.4 Å². The van der Waals surface area contributed by atoms with E-state index in [1.54, 1.807) is 19.0 Å². The third-order valence-corrected chi connectivity index (χ3v) is 7.28. The number of halogens is 1. The van der Waals surface area contributed by atoms with Crippen molar-refractivity contribution in [1.82, 2.24) is 20.4 Å². The Morgan fingerprint density at radius 2 is 1.74 bits per heavy atom. The number of thioether (sulfide) groups is 1. The number of nitrogens with zero attached hydrogens (tertiary/aromatic N) is 3. The van der Waals surface area contributed by atoms with Crippen molar-refractivity contribution in [2.24, 2.45) is 4.99 Å². The van der Waals surface area contributed by atoms with Gasteiger partial charge in [0.05, 0.1) is 0 Å². The Balaban J connectivity index is 0.00000341. The van der Waals surface area contributed by atoms with E-state index >= 15 is 0 Å². The first-order valence-corrected chi connectivity index (χ1v) is 12.3. The van der Waals surface area contributed by atoms with Crippen molar-refractivity contribution in [2.45, 2.75) is 44.2 Å². The van der Waals surface area contributed by atoms with Crippen molar-refractivity contribution in [1.29, 1.82) is 0 Å². The van der Waals surface area contributed by atoms with Gasteiger partial charge in [-0.2, -0.15) is 11.8 Å². The fraction of sp³-hybridized carbons (Fsp3) is 0.652. The van der Waals surface area contributed by atoms with Crippen LogP contribution in [-0.2, 0) is 6.54 Å². The molecule has 174 valence electrons. The summed E-state index contributed by atoms with van der Waals surface area (Å²) in [6.07, 6.45) is 6.58. The predicted molar refractivity (Wildman–Crippen MR) is 143 cm³/mol. The Morgan fingerprint density at radius 3 is 2.32 bits per heavy atom. The number of nitrogens with one attached hydrogen (secondary N) is 2. The van der Waals surface area contributed by atoms with Crippen LogP contribution < -0.4 is 10.6 Å². The number of aliphatic imine (C=N–C) groups is 1. The predicted octanol–water partition coefficient (Wildman–Crippen LogP) is 3.42. The molecule has 8 heteroatoms. The number of guanidine groups is 1. The van der Waals surface area contributed by atoms with Crippen LogP contribution in [0.3, 0.4) is 0 Å². The van der Waals surface area contributed by atoms with Crippen LogP contribution in [0.15, 0.2) is 29.3 Å². The SMILES string of the molecule is CN=C(NCc1ccc(C(=O)N(C)C)cc1)NCC1(N2CCSCC2)CCCCC1.I. The Labute approximate surface area is 209 Å². The van der Waals surface area contributed by atoms with Crippen molar-refractivity contribution in [2.75, 3.05) is 52.3 Å². The van der Waals surface area contributed by atoms with Gasteiger partial charge in [0.2, 0.25) is 0 Å². The lowest BCUT2D eigenvalue weighted by Gasteiger charge is -2.48. The average molecular weight is 560 g/mol. The average Bonchev–Trinajstić information content (AvgIpc) is 2.80. The van der Waals surface area contributed by atoms with Crippen LogP contribution in [0.2, 0.25) is 0 Å². The van der Waals surface area contributed by atoms with Crippen LogP contribution in [0, 0.1) is 0 Å². The van der Waals surface area contributed by atoms with Crippen molar-refractivity contribution >= 4 is 47.6 Å². The van der Waals surface area contributed by atoms with E-state index in [1.165, 1.54) is 56.7 Å². The van der Waals surface area contributed by atoms with Gasteiger partial charge in [0.25, 0.3) is 5.91 Å². The normalized spacial score (nSPS) is 19.3. The molecule has 0 atom stereocenters. The van der Waals surface area contributed by atoms with Gasteiger partial charge in [-0.15, -0.1) is 24.0 Å². The second-order valence-corrected chi connectivity index (χ2v) is 9.78. The summed E-state index contributed by atoms with van der Waals surface area (Å²) in [7, 11) is 5.38. The number of hydrogen-bond donors (Lipinski definition) is 2. The van der Waals surface area contributed by atoms with E-state index in [0.717, 1.165) is 18.1 Å². The molecule has 1 aliphatic carbocycles. The molecule has 0 aromatic heterocycles. The second-order valence-electron chi connectivity index (χ2n) is 8.56. The minimum Gasteiger partial charge on any atom is -0.355 e. The maximum atomic E-state index is 12.0. The summed E-state index contributed by atoms with van der Waals surface area (Å²) in [4.78, 5) is 20.8. The molecule has 1 heterocycles. The van der Waals surface area contributed by atoms with Gasteiger partial charge in [0.1, 0.15) is 0 Å². The quantitative estimate of drug-likeness (QED) is 0.318. The van der Waals surface area contributed by atoms with E-state index in [1.807, 2.05) is 31.3 Å². The van der Waals surface area contributed by atoms with Crippen LogP contribution in [0.5, 0.6) is 0 Å². The minimum absolute atomic E-state index is 0. The number of rotatable bonds is 6. The highest BCUT2D eigenvalue weighted by molar-refractivity contribution is 14.0. The summed E-state index contributed by atoms with van der Waals surface area (Å²) in [6, 6.07) is 7.79. The van der Waals surface area contributed by atoms with Crippen LogP contribution in [0.1, 0.15) is 48.0 Å². The molecule has 0 radical (unpaired) electrons. The smallest absolute Gasteiger partial charge is 0.253 e. The van der Waals surface area contributed by atoms with Crippen molar-refractivity contribution in [3.8, 4) is 0 Å². The Hall–Kier alpha value is -1.00. The largest absolute Gasteiger partial charge is 0.355 e. The van der Waals surface area contributed by atoms with E-state index in [4.69, 9.17) is 0 Å². The fourth-order valence-corrected chi connectivity index (χ4v) is 5.43. The van der Waals surface area contributed by atoms with Gasteiger partial charge in [0.15, 0.2) is 5.96 Å². The fourth-order valence-electron chi connectivity index (χ4n) is 4.53. The molecule has 1 amide bonds. The first-order chi connectivity index (χ1) is 14.5. The summed E-state index contributed by atoms with van der Waals surface area (Å²) in [6.45, 7) is 4.05. The maximum Gasteiger partial charge on any atom is 0.253 e. The van der Waals surface area contributed by atoms with Crippen molar-refractivity contribution < 1.29 is 4.79 Å². The van der Waals surface area contributed by atoms with Gasteiger partial charge in [-0.25, -0.2) is 0 Å². The summed E-state index contributed by atoms with van der Waals surface area (Å²) < 4.78 is 0. The van der Waals surface area contributed by atoms with Gasteiger partial charge in [-0.1, -0.05) is 31.4 Å². The van der Waals surface area contributed by atoms with Crippen LogP contribution in [-0.4, -0.2) is 79.5 Å². The Morgan fingerprint density at radius 1 is 1.10 bits per heavy atom. The molecule has 0 unspecified atom stereocenters. The number of carbonyl (C=O) groups is 1. The number of benzene rings is 1. The van der Waals surface area contributed by atoms with Gasteiger partial charge in [0, 0.05) is 69.9 Å². The second kappa shape index (κ2) is 12.9. The standard InChI is InChI=1S/C23H37N5OS.HI/c1-24-22(25-17-19-7-9-20(10-8-19)21(29)27(2)3)26-18-23(11-5-4-6-12-23)28-13-15-30-16-14-28;/h7-10H,4-6,11-18H2,1-3H3,(H2,24,25,26);1H. The molecule has 1 aliphatic heterocycles. The molecule has 1 saturated heterocycles. The Bertz CT molecular complexity index is 713. The maximum absolute atomic E-state index is 12.0. The zero-order valence-corrected chi connectivity index (χ0v) is 22.3. The van der Waals surface area contributed by atoms with E-state index < -0.39 is 0 Å². The summed E-state index contributed by atoms with van der Waals surface area (Å²) in [5, 5.41) is 7.06. The highest BCUT2D eigenvalue weighted by Gasteiger charge is 2.38. The highest BCUT2D eigenvalue weighted by Crippen LogP contribution is 2.34. The molecule has 6 nitrogen and oxygen atoms in total. The molecule has 1 aromatic rings. The van der Waals surface area contributed by atoms with Crippen LogP contribution in [0.25, 0.3) is 0 Å². The summed E-state index contributed by atoms with van der Waals surface area (Å²) in [5.41, 5.74) is 2.12. The lowest BCUT2D eigenvalue weighted by Crippen LogP contribution is -2.59. The lowest BCUT2D eigenvalue weighted by molar-refractivity contribution is 0.0626. The molecular weight excluding hydrogens is 521 g/mol. The summed E-state index contributed by atoms with van der Waals surface area (Å²) in [5.74, 6) is 3.38. The summed E-state index contributed by atoms with van der Waals surface area (Å²) >= 11 is 2.08. The number of hydrogen-bond acceptors (Lipinski definition) is 4. The van der Waals surface area contributed by atoms with Crippen LogP contribution in [0.4, 0.5) is 0 Å². The van der Waals surface area contributed by atoms with Crippen molar-refractivity contribution in [3.63, 3.8) is 0 Å². The molecule has 0 bridgehead atoms. The zero-order valence-electron chi connectivity index (χ0n) is 19.2. The topological polar surface area (TPSA) is 60.0 Å². The third kappa shape index (κ3) is 7.25. The lowest BCUT2D eigenvalue weighted by atomic mass is 9.80. The molecule has 31 heavy (non-hydrogen) atoms. The molecule has 0 spiro atoms. The molecule has 2 aliphatic rings. The monoisotopic (exact) mass is 559 g/mol. The molecule has 2 fully saturated rings. The van der Waals surface area contributed by atoms with E-state index in [0.29, 0.717) is 12.1 Å². The minimum atomic E-state index is 0.